The van der Waals surface area contributed by atoms with E-state index < -0.39 is 0 Å². The smallest absolute Gasteiger partial charge is 0.331 e. The van der Waals surface area contributed by atoms with Gasteiger partial charge in [-0.15, -0.1) is 0 Å². The third-order valence-corrected chi connectivity index (χ3v) is 4.15. The van der Waals surface area contributed by atoms with Crippen molar-refractivity contribution in [3.05, 3.63) is 29.8 Å². The summed E-state index contributed by atoms with van der Waals surface area (Å²) in [5, 5.41) is 0. The number of imide groups is 1. The van der Waals surface area contributed by atoms with Gasteiger partial charge in [0.1, 0.15) is 0 Å². The molecule has 2 aliphatic rings. The number of benzene rings is 1. The predicted molar refractivity (Wildman–Crippen MR) is 79.2 cm³/mol. The minimum atomic E-state index is -0.241. The molecular weight excluding hydrogens is 268 g/mol. The lowest BCUT2D eigenvalue weighted by Gasteiger charge is -2.41. The number of aryl methyl sites for hydroxylation is 1. The van der Waals surface area contributed by atoms with Crippen molar-refractivity contribution in [2.24, 2.45) is 5.92 Å². The number of carbonyl (C=O) groups is 2. The average Bonchev–Trinajstić information content (AvgIpc) is 2.93. The Bertz CT molecular complexity index is 572. The van der Waals surface area contributed by atoms with Crippen LogP contribution < -0.4 is 4.90 Å². The highest BCUT2D eigenvalue weighted by Gasteiger charge is 2.49. The highest BCUT2D eigenvalue weighted by atomic mass is 16.5. The number of amides is 3. The van der Waals surface area contributed by atoms with E-state index in [9.17, 15) is 9.59 Å². The van der Waals surface area contributed by atoms with Gasteiger partial charge in [0.15, 0.2) is 0 Å². The van der Waals surface area contributed by atoms with Crippen LogP contribution in [0.3, 0.4) is 0 Å². The quantitative estimate of drug-likeness (QED) is 0.856. The van der Waals surface area contributed by atoms with E-state index in [1.165, 1.54) is 4.90 Å². The number of hydrogen-bond acceptors (Lipinski definition) is 3. The summed E-state index contributed by atoms with van der Waals surface area (Å²) in [4.78, 5) is 28.5. The summed E-state index contributed by atoms with van der Waals surface area (Å²) in [6.07, 6.45) is 0.866. The highest BCUT2D eigenvalue weighted by Crippen LogP contribution is 2.32. The summed E-state index contributed by atoms with van der Waals surface area (Å²) in [5.74, 6) is -0.379. The van der Waals surface area contributed by atoms with Crippen molar-refractivity contribution in [2.75, 3.05) is 24.7 Å². The normalized spacial score (nSPS) is 25.4. The second-order valence-electron chi connectivity index (χ2n) is 5.70. The maximum atomic E-state index is 12.8. The molecule has 2 unspecified atom stereocenters. The molecule has 0 aliphatic carbocycles. The molecular formula is C16H20N2O3. The summed E-state index contributed by atoms with van der Waals surface area (Å²) in [6, 6.07) is 7.17. The number of carbonyl (C=O) groups excluding carboxylic acids is 2. The van der Waals surface area contributed by atoms with Crippen LogP contribution in [0.2, 0.25) is 0 Å². The van der Waals surface area contributed by atoms with Gasteiger partial charge in [-0.2, -0.15) is 0 Å². The Kier molecular flexibility index (Phi) is 3.68. The van der Waals surface area contributed by atoms with Crippen LogP contribution in [0.1, 0.15) is 18.9 Å². The summed E-state index contributed by atoms with van der Waals surface area (Å²) in [7, 11) is 0. The Balaban J connectivity index is 1.99. The molecule has 5 heteroatoms. The van der Waals surface area contributed by atoms with Gasteiger partial charge in [-0.05, 0) is 31.0 Å². The van der Waals surface area contributed by atoms with Gasteiger partial charge in [-0.25, -0.2) is 9.69 Å². The van der Waals surface area contributed by atoms with Crippen LogP contribution in [-0.2, 0) is 9.53 Å². The Morgan fingerprint density at radius 3 is 2.81 bits per heavy atom. The van der Waals surface area contributed by atoms with Crippen molar-refractivity contribution in [3.8, 4) is 0 Å². The first-order valence-electron chi connectivity index (χ1n) is 7.42. The van der Waals surface area contributed by atoms with Crippen molar-refractivity contribution < 1.29 is 14.3 Å². The Morgan fingerprint density at radius 1 is 1.29 bits per heavy atom. The molecule has 0 aromatic heterocycles. The molecule has 0 bridgehead atoms. The van der Waals surface area contributed by atoms with Crippen LogP contribution in [0.25, 0.3) is 0 Å². The first kappa shape index (κ1) is 14.1. The maximum Gasteiger partial charge on any atom is 0.331 e. The SMILES string of the molecule is CCCN1C(=O)N(c2cccc(C)c2)C(=O)C2COCC21. The zero-order chi connectivity index (χ0) is 15.0. The largest absolute Gasteiger partial charge is 0.378 e. The van der Waals surface area contributed by atoms with E-state index in [2.05, 4.69) is 0 Å². The Labute approximate surface area is 124 Å². The van der Waals surface area contributed by atoms with Crippen molar-refractivity contribution in [2.45, 2.75) is 26.3 Å². The molecule has 1 aromatic rings. The molecule has 0 saturated carbocycles. The van der Waals surface area contributed by atoms with Gasteiger partial charge in [0.2, 0.25) is 5.91 Å². The van der Waals surface area contributed by atoms with Gasteiger partial charge >= 0.3 is 6.03 Å². The molecule has 2 heterocycles. The van der Waals surface area contributed by atoms with E-state index in [-0.39, 0.29) is 23.9 Å². The molecule has 0 spiro atoms. The van der Waals surface area contributed by atoms with E-state index in [1.807, 2.05) is 38.1 Å². The van der Waals surface area contributed by atoms with Gasteiger partial charge in [0.25, 0.3) is 0 Å². The summed E-state index contributed by atoms with van der Waals surface area (Å²) in [6.45, 7) is 5.50. The first-order chi connectivity index (χ1) is 10.1. The minimum absolute atomic E-state index is 0.106. The van der Waals surface area contributed by atoms with E-state index in [1.54, 1.807) is 4.90 Å². The predicted octanol–water partition coefficient (Wildman–Crippen LogP) is 2.19. The molecule has 21 heavy (non-hydrogen) atoms. The third-order valence-electron chi connectivity index (χ3n) is 4.15. The molecule has 3 amide bonds. The second-order valence-corrected chi connectivity index (χ2v) is 5.70. The highest BCUT2D eigenvalue weighted by molar-refractivity contribution is 6.17. The number of rotatable bonds is 3. The van der Waals surface area contributed by atoms with E-state index >= 15 is 0 Å². The van der Waals surface area contributed by atoms with Crippen LogP contribution in [0.4, 0.5) is 10.5 Å². The van der Waals surface area contributed by atoms with Crippen molar-refractivity contribution in [1.82, 2.24) is 4.90 Å². The lowest BCUT2D eigenvalue weighted by molar-refractivity contribution is -0.124. The van der Waals surface area contributed by atoms with Crippen LogP contribution in [0, 0.1) is 12.8 Å². The zero-order valence-electron chi connectivity index (χ0n) is 12.4. The van der Waals surface area contributed by atoms with E-state index in [0.717, 1.165) is 12.0 Å². The van der Waals surface area contributed by atoms with Crippen LogP contribution in [-0.4, -0.2) is 42.6 Å². The lowest BCUT2D eigenvalue weighted by Crippen LogP contribution is -2.61. The average molecular weight is 288 g/mol. The molecule has 0 N–H and O–H groups in total. The van der Waals surface area contributed by atoms with Crippen molar-refractivity contribution in [3.63, 3.8) is 0 Å². The minimum Gasteiger partial charge on any atom is -0.378 e. The molecule has 112 valence electrons. The van der Waals surface area contributed by atoms with Gasteiger partial charge in [0, 0.05) is 6.54 Å². The first-order valence-corrected chi connectivity index (χ1v) is 7.42. The fourth-order valence-electron chi connectivity index (χ4n) is 3.12. The third kappa shape index (κ3) is 2.31. The molecule has 2 atom stereocenters. The number of nitrogens with zero attached hydrogens (tertiary/aromatic N) is 2. The second kappa shape index (κ2) is 5.48. The van der Waals surface area contributed by atoms with Crippen LogP contribution >= 0.6 is 0 Å². The molecule has 2 aliphatic heterocycles. The van der Waals surface area contributed by atoms with Crippen LogP contribution in [0.15, 0.2) is 24.3 Å². The van der Waals surface area contributed by atoms with Gasteiger partial charge in [0.05, 0.1) is 30.9 Å². The number of fused-ring (bicyclic) bond motifs is 1. The fraction of sp³-hybridized carbons (Fsp3) is 0.500. The molecule has 5 nitrogen and oxygen atoms in total. The molecule has 3 rings (SSSR count). The van der Waals surface area contributed by atoms with E-state index in [0.29, 0.717) is 25.4 Å². The standard InChI is InChI=1S/C16H20N2O3/c1-3-7-17-14-10-21-9-13(14)15(19)18(16(17)20)12-6-4-5-11(2)8-12/h4-6,8,13-14H,3,7,9-10H2,1-2H3. The summed E-state index contributed by atoms with van der Waals surface area (Å²) < 4.78 is 5.45. The fourth-order valence-corrected chi connectivity index (χ4v) is 3.12. The molecule has 1 aromatic carbocycles. The van der Waals surface area contributed by atoms with Crippen LogP contribution in [0.5, 0.6) is 0 Å². The number of urea groups is 1. The maximum absolute atomic E-state index is 12.8. The Hall–Kier alpha value is -1.88. The van der Waals surface area contributed by atoms with E-state index in [4.69, 9.17) is 4.74 Å². The topological polar surface area (TPSA) is 49.9 Å². The van der Waals surface area contributed by atoms with Crippen molar-refractivity contribution >= 4 is 17.6 Å². The summed E-state index contributed by atoms with van der Waals surface area (Å²) in [5.41, 5.74) is 1.68. The van der Waals surface area contributed by atoms with Gasteiger partial charge < -0.3 is 9.64 Å². The van der Waals surface area contributed by atoms with Gasteiger partial charge in [-0.1, -0.05) is 19.1 Å². The lowest BCUT2D eigenvalue weighted by atomic mass is 9.97. The zero-order valence-corrected chi connectivity index (χ0v) is 12.4. The molecule has 0 radical (unpaired) electrons. The van der Waals surface area contributed by atoms with Crippen molar-refractivity contribution in [1.29, 1.82) is 0 Å². The summed E-state index contributed by atoms with van der Waals surface area (Å²) >= 11 is 0. The van der Waals surface area contributed by atoms with Gasteiger partial charge in [-0.3, -0.25) is 4.79 Å². The number of ether oxygens (including phenoxy) is 1. The number of hydrogen-bond donors (Lipinski definition) is 0. The monoisotopic (exact) mass is 288 g/mol. The number of anilines is 1. The molecule has 2 fully saturated rings. The Morgan fingerprint density at radius 2 is 2.10 bits per heavy atom. The molecule has 2 saturated heterocycles.